The van der Waals surface area contributed by atoms with Crippen LogP contribution >= 0.6 is 0 Å². The zero-order valence-electron chi connectivity index (χ0n) is 7.92. The molecule has 1 fully saturated rings. The normalized spacial score (nSPS) is 24.9. The van der Waals surface area contributed by atoms with Gasteiger partial charge in [-0.3, -0.25) is 9.59 Å². The Balaban J connectivity index is 2.16. The highest BCUT2D eigenvalue weighted by Gasteiger charge is 2.40. The lowest BCUT2D eigenvalue weighted by molar-refractivity contribution is -0.153. The van der Waals surface area contributed by atoms with Gasteiger partial charge in [0.15, 0.2) is 5.92 Å². The molecule has 1 aliphatic rings. The minimum atomic E-state index is -1.11. The van der Waals surface area contributed by atoms with Crippen molar-refractivity contribution in [2.75, 3.05) is 0 Å². The number of esters is 1. The highest BCUT2D eigenvalue weighted by Crippen LogP contribution is 2.33. The Bertz CT molecular complexity index is 385. The summed E-state index contributed by atoms with van der Waals surface area (Å²) in [6, 6.07) is 9.16. The number of benzene rings is 1. The molecule has 1 aromatic rings. The first-order chi connectivity index (χ1) is 7.18. The molecule has 0 amide bonds. The quantitative estimate of drug-likeness (QED) is 0.586. The number of hydrogen-bond donors (Lipinski definition) is 1. The van der Waals surface area contributed by atoms with Gasteiger partial charge in [0.1, 0.15) is 6.10 Å². The summed E-state index contributed by atoms with van der Waals surface area (Å²) in [5.41, 5.74) is 0.842. The largest absolute Gasteiger partial charge is 0.481 e. The fourth-order valence-corrected chi connectivity index (χ4v) is 1.65. The van der Waals surface area contributed by atoms with Crippen LogP contribution in [0.15, 0.2) is 30.3 Å². The van der Waals surface area contributed by atoms with Crippen LogP contribution in [0.5, 0.6) is 0 Å². The molecular formula is C11H10O4. The van der Waals surface area contributed by atoms with E-state index < -0.39 is 24.0 Å². The number of hydrogen-bond acceptors (Lipinski definition) is 3. The van der Waals surface area contributed by atoms with Crippen molar-refractivity contribution < 1.29 is 19.4 Å². The summed E-state index contributed by atoms with van der Waals surface area (Å²) < 4.78 is 5.00. The Morgan fingerprint density at radius 3 is 2.53 bits per heavy atom. The SMILES string of the molecule is O=C(O)C1CC(c2ccccc2)OC1=O. The summed E-state index contributed by atoms with van der Waals surface area (Å²) >= 11 is 0. The maximum absolute atomic E-state index is 11.2. The zero-order chi connectivity index (χ0) is 10.8. The van der Waals surface area contributed by atoms with E-state index in [9.17, 15) is 9.59 Å². The molecule has 0 saturated carbocycles. The van der Waals surface area contributed by atoms with Gasteiger partial charge in [0.25, 0.3) is 0 Å². The van der Waals surface area contributed by atoms with Gasteiger partial charge in [-0.15, -0.1) is 0 Å². The zero-order valence-corrected chi connectivity index (χ0v) is 7.92. The van der Waals surface area contributed by atoms with Crippen molar-refractivity contribution in [2.24, 2.45) is 5.92 Å². The Hall–Kier alpha value is -1.84. The van der Waals surface area contributed by atoms with Gasteiger partial charge in [0.05, 0.1) is 0 Å². The van der Waals surface area contributed by atoms with Crippen molar-refractivity contribution in [2.45, 2.75) is 12.5 Å². The van der Waals surface area contributed by atoms with Gasteiger partial charge in [-0.1, -0.05) is 30.3 Å². The van der Waals surface area contributed by atoms with Gasteiger partial charge >= 0.3 is 11.9 Å². The number of cyclic esters (lactones) is 1. The summed E-state index contributed by atoms with van der Waals surface area (Å²) in [6.45, 7) is 0. The van der Waals surface area contributed by atoms with Crippen LogP contribution in [0.2, 0.25) is 0 Å². The van der Waals surface area contributed by atoms with Gasteiger partial charge < -0.3 is 9.84 Å². The first kappa shape index (κ1) is 9.71. The molecule has 4 nitrogen and oxygen atoms in total. The van der Waals surface area contributed by atoms with Crippen molar-refractivity contribution in [1.82, 2.24) is 0 Å². The number of aliphatic carboxylic acids is 1. The van der Waals surface area contributed by atoms with Gasteiger partial charge in [-0.2, -0.15) is 0 Å². The number of ether oxygens (including phenoxy) is 1. The van der Waals surface area contributed by atoms with Crippen LogP contribution in [0.25, 0.3) is 0 Å². The number of rotatable bonds is 2. The molecule has 1 saturated heterocycles. The molecule has 2 unspecified atom stereocenters. The van der Waals surface area contributed by atoms with E-state index >= 15 is 0 Å². The Labute approximate surface area is 86.5 Å². The topological polar surface area (TPSA) is 63.6 Å². The van der Waals surface area contributed by atoms with Crippen molar-refractivity contribution in [1.29, 1.82) is 0 Å². The number of carbonyl (C=O) groups excluding carboxylic acids is 1. The fourth-order valence-electron chi connectivity index (χ4n) is 1.65. The van der Waals surface area contributed by atoms with Gasteiger partial charge in [0.2, 0.25) is 0 Å². The van der Waals surface area contributed by atoms with Crippen LogP contribution in [-0.4, -0.2) is 17.0 Å². The van der Waals surface area contributed by atoms with Crippen LogP contribution in [0.3, 0.4) is 0 Å². The second-order valence-corrected chi connectivity index (χ2v) is 3.46. The van der Waals surface area contributed by atoms with E-state index in [1.807, 2.05) is 30.3 Å². The van der Waals surface area contributed by atoms with Crippen LogP contribution in [0.4, 0.5) is 0 Å². The van der Waals surface area contributed by atoms with E-state index in [1.54, 1.807) is 0 Å². The second-order valence-electron chi connectivity index (χ2n) is 3.46. The molecule has 0 aromatic heterocycles. The van der Waals surface area contributed by atoms with Gasteiger partial charge in [-0.05, 0) is 5.56 Å². The summed E-state index contributed by atoms with van der Waals surface area (Å²) in [5.74, 6) is -2.77. The molecule has 2 atom stereocenters. The molecule has 4 heteroatoms. The van der Waals surface area contributed by atoms with Crippen LogP contribution in [0.1, 0.15) is 18.1 Å². The van der Waals surface area contributed by atoms with Crippen LogP contribution in [-0.2, 0) is 14.3 Å². The lowest BCUT2D eigenvalue weighted by Gasteiger charge is -2.07. The minimum absolute atomic E-state index is 0.220. The molecule has 0 bridgehead atoms. The first-order valence-electron chi connectivity index (χ1n) is 4.66. The molecule has 2 rings (SSSR count). The van der Waals surface area contributed by atoms with Crippen LogP contribution < -0.4 is 0 Å². The summed E-state index contributed by atoms with van der Waals surface area (Å²) in [7, 11) is 0. The standard InChI is InChI=1S/C11H10O4/c12-10(13)8-6-9(15-11(8)14)7-4-2-1-3-5-7/h1-5,8-9H,6H2,(H,12,13). The molecule has 1 heterocycles. The maximum atomic E-state index is 11.2. The number of carbonyl (C=O) groups is 2. The van der Waals surface area contributed by atoms with Crippen molar-refractivity contribution in [3.05, 3.63) is 35.9 Å². The molecular weight excluding hydrogens is 196 g/mol. The minimum Gasteiger partial charge on any atom is -0.481 e. The molecule has 0 aliphatic carbocycles. The van der Waals surface area contributed by atoms with Crippen molar-refractivity contribution in [3.63, 3.8) is 0 Å². The van der Waals surface area contributed by atoms with E-state index in [-0.39, 0.29) is 6.42 Å². The summed E-state index contributed by atoms with van der Waals surface area (Å²) in [6.07, 6.45) is -0.196. The van der Waals surface area contributed by atoms with E-state index in [0.717, 1.165) is 5.56 Å². The van der Waals surface area contributed by atoms with Gasteiger partial charge in [0, 0.05) is 6.42 Å². The highest BCUT2D eigenvalue weighted by molar-refractivity contribution is 5.95. The number of carboxylic acid groups (broad SMARTS) is 1. The predicted molar refractivity (Wildman–Crippen MR) is 51.0 cm³/mol. The molecule has 1 aromatic carbocycles. The average Bonchev–Trinajstić information content (AvgIpc) is 2.62. The monoisotopic (exact) mass is 206 g/mol. The van der Waals surface area contributed by atoms with Crippen molar-refractivity contribution >= 4 is 11.9 Å². The third-order valence-electron chi connectivity index (χ3n) is 2.46. The smallest absolute Gasteiger partial charge is 0.321 e. The fraction of sp³-hybridized carbons (Fsp3) is 0.273. The number of carboxylic acids is 1. The Morgan fingerprint density at radius 1 is 1.33 bits per heavy atom. The molecule has 78 valence electrons. The van der Waals surface area contributed by atoms with E-state index in [0.29, 0.717) is 0 Å². The lowest BCUT2D eigenvalue weighted by Crippen LogP contribution is -2.17. The second kappa shape index (κ2) is 3.73. The predicted octanol–water partition coefficient (Wildman–Crippen LogP) is 1.38. The lowest BCUT2D eigenvalue weighted by atomic mass is 10.0. The molecule has 1 N–H and O–H groups in total. The average molecular weight is 206 g/mol. The summed E-state index contributed by atoms with van der Waals surface area (Å²) in [4.78, 5) is 21.9. The van der Waals surface area contributed by atoms with Gasteiger partial charge in [-0.25, -0.2) is 0 Å². The molecule has 1 aliphatic heterocycles. The van der Waals surface area contributed by atoms with Crippen LogP contribution in [0, 0.1) is 5.92 Å². The first-order valence-corrected chi connectivity index (χ1v) is 4.66. The molecule has 0 radical (unpaired) electrons. The van der Waals surface area contributed by atoms with E-state index in [2.05, 4.69) is 0 Å². The molecule has 0 spiro atoms. The van der Waals surface area contributed by atoms with E-state index in [4.69, 9.17) is 9.84 Å². The van der Waals surface area contributed by atoms with E-state index in [1.165, 1.54) is 0 Å². The molecule has 15 heavy (non-hydrogen) atoms. The Morgan fingerprint density at radius 2 is 2.00 bits per heavy atom. The van der Waals surface area contributed by atoms with Crippen molar-refractivity contribution in [3.8, 4) is 0 Å². The Kier molecular flexibility index (Phi) is 2.41. The maximum Gasteiger partial charge on any atom is 0.321 e. The third-order valence-corrected chi connectivity index (χ3v) is 2.46. The highest BCUT2D eigenvalue weighted by atomic mass is 16.6. The summed E-state index contributed by atoms with van der Waals surface area (Å²) in [5, 5.41) is 8.75. The third kappa shape index (κ3) is 1.83.